The number of aryl methyl sites for hydroxylation is 2. The molecule has 18 heavy (non-hydrogen) atoms. The Kier molecular flexibility index (Phi) is 2.59. The van der Waals surface area contributed by atoms with Gasteiger partial charge >= 0.3 is 0 Å². The van der Waals surface area contributed by atoms with Crippen molar-refractivity contribution in [2.75, 3.05) is 0 Å². The molecule has 3 nitrogen and oxygen atoms in total. The molecule has 0 saturated heterocycles. The zero-order valence-electron chi connectivity index (χ0n) is 10.6. The van der Waals surface area contributed by atoms with Crippen LogP contribution in [0.25, 0.3) is 16.9 Å². The van der Waals surface area contributed by atoms with Crippen LogP contribution in [0, 0.1) is 6.92 Å². The molecule has 0 spiro atoms. The van der Waals surface area contributed by atoms with E-state index in [9.17, 15) is 0 Å². The zero-order chi connectivity index (χ0) is 12.5. The molecule has 0 aliphatic heterocycles. The molecule has 3 rings (SSSR count). The maximum atomic E-state index is 4.65. The van der Waals surface area contributed by atoms with Gasteiger partial charge in [-0.2, -0.15) is 5.10 Å². The minimum absolute atomic E-state index is 0.922. The van der Waals surface area contributed by atoms with Gasteiger partial charge in [-0.05, 0) is 19.4 Å². The third kappa shape index (κ3) is 1.78. The van der Waals surface area contributed by atoms with Crippen LogP contribution in [0.4, 0.5) is 0 Å². The molecule has 0 bridgehead atoms. The molecule has 0 amide bonds. The van der Waals surface area contributed by atoms with Gasteiger partial charge in [0.25, 0.3) is 0 Å². The van der Waals surface area contributed by atoms with Crippen molar-refractivity contribution < 1.29 is 0 Å². The SMILES string of the molecule is CCc1cc(C)nc2cc(-c3ccccc3)nn12. The highest BCUT2D eigenvalue weighted by molar-refractivity contribution is 5.64. The Morgan fingerprint density at radius 1 is 1.11 bits per heavy atom. The maximum Gasteiger partial charge on any atom is 0.156 e. The molecule has 0 unspecified atom stereocenters. The summed E-state index contributed by atoms with van der Waals surface area (Å²) in [4.78, 5) is 4.53. The summed E-state index contributed by atoms with van der Waals surface area (Å²) >= 11 is 0. The Balaban J connectivity index is 2.23. The molecule has 0 radical (unpaired) electrons. The quantitative estimate of drug-likeness (QED) is 0.684. The lowest BCUT2D eigenvalue weighted by molar-refractivity contribution is 0.845. The highest BCUT2D eigenvalue weighted by atomic mass is 15.3. The molecule has 2 heterocycles. The van der Waals surface area contributed by atoms with Crippen LogP contribution in [0.15, 0.2) is 42.5 Å². The van der Waals surface area contributed by atoms with Crippen LogP contribution in [0.2, 0.25) is 0 Å². The normalized spacial score (nSPS) is 11.0. The number of aromatic nitrogens is 3. The van der Waals surface area contributed by atoms with Gasteiger partial charge in [0, 0.05) is 23.0 Å². The molecular formula is C15H15N3. The smallest absolute Gasteiger partial charge is 0.156 e. The van der Waals surface area contributed by atoms with Crippen molar-refractivity contribution >= 4 is 5.65 Å². The van der Waals surface area contributed by atoms with Gasteiger partial charge in [0.1, 0.15) is 0 Å². The number of rotatable bonds is 2. The summed E-state index contributed by atoms with van der Waals surface area (Å²) in [5.41, 5.74) is 5.26. The molecular weight excluding hydrogens is 222 g/mol. The lowest BCUT2D eigenvalue weighted by Gasteiger charge is -2.02. The molecule has 0 aliphatic rings. The predicted octanol–water partition coefficient (Wildman–Crippen LogP) is 3.27. The first-order valence-corrected chi connectivity index (χ1v) is 6.19. The average Bonchev–Trinajstić information content (AvgIpc) is 2.82. The first kappa shape index (κ1) is 11.0. The zero-order valence-corrected chi connectivity index (χ0v) is 10.6. The van der Waals surface area contributed by atoms with E-state index in [1.54, 1.807) is 0 Å². The fraction of sp³-hybridized carbons (Fsp3) is 0.200. The second-order valence-corrected chi connectivity index (χ2v) is 4.41. The van der Waals surface area contributed by atoms with Crippen LogP contribution >= 0.6 is 0 Å². The Morgan fingerprint density at radius 2 is 1.89 bits per heavy atom. The minimum atomic E-state index is 0.922. The summed E-state index contributed by atoms with van der Waals surface area (Å²) in [5.74, 6) is 0. The van der Waals surface area contributed by atoms with Crippen LogP contribution < -0.4 is 0 Å². The van der Waals surface area contributed by atoms with Crippen molar-refractivity contribution in [2.24, 2.45) is 0 Å². The molecule has 0 fully saturated rings. The summed E-state index contributed by atoms with van der Waals surface area (Å²) in [6, 6.07) is 14.3. The molecule has 90 valence electrons. The van der Waals surface area contributed by atoms with E-state index in [0.29, 0.717) is 0 Å². The highest BCUT2D eigenvalue weighted by Gasteiger charge is 2.08. The van der Waals surface area contributed by atoms with E-state index in [0.717, 1.165) is 29.0 Å². The summed E-state index contributed by atoms with van der Waals surface area (Å²) in [5, 5.41) is 4.65. The van der Waals surface area contributed by atoms with Crippen molar-refractivity contribution in [3.63, 3.8) is 0 Å². The van der Waals surface area contributed by atoms with E-state index >= 15 is 0 Å². The third-order valence-corrected chi connectivity index (χ3v) is 3.06. The first-order valence-electron chi connectivity index (χ1n) is 6.19. The largest absolute Gasteiger partial charge is 0.234 e. The first-order chi connectivity index (χ1) is 8.78. The summed E-state index contributed by atoms with van der Waals surface area (Å²) in [6.45, 7) is 4.16. The Morgan fingerprint density at radius 3 is 2.61 bits per heavy atom. The van der Waals surface area contributed by atoms with Crippen LogP contribution in [-0.4, -0.2) is 14.6 Å². The summed E-state index contributed by atoms with van der Waals surface area (Å²) in [6.07, 6.45) is 0.954. The fourth-order valence-electron chi connectivity index (χ4n) is 2.18. The predicted molar refractivity (Wildman–Crippen MR) is 72.5 cm³/mol. The van der Waals surface area contributed by atoms with Gasteiger partial charge in [0.15, 0.2) is 5.65 Å². The maximum absolute atomic E-state index is 4.65. The molecule has 3 heteroatoms. The number of hydrogen-bond acceptors (Lipinski definition) is 2. The van der Waals surface area contributed by atoms with Gasteiger partial charge in [-0.25, -0.2) is 9.50 Å². The standard InChI is InChI=1S/C15H15N3/c1-3-13-9-11(2)16-15-10-14(17-18(13)15)12-7-5-4-6-8-12/h4-10H,3H2,1-2H3. The van der Waals surface area contributed by atoms with Gasteiger partial charge in [0.2, 0.25) is 0 Å². The number of benzene rings is 1. The van der Waals surface area contributed by atoms with Crippen molar-refractivity contribution in [1.82, 2.24) is 14.6 Å². The Hall–Kier alpha value is -2.16. The number of nitrogens with zero attached hydrogens (tertiary/aromatic N) is 3. The van der Waals surface area contributed by atoms with Crippen molar-refractivity contribution in [3.8, 4) is 11.3 Å². The van der Waals surface area contributed by atoms with Crippen molar-refractivity contribution in [1.29, 1.82) is 0 Å². The van der Waals surface area contributed by atoms with Gasteiger partial charge < -0.3 is 0 Å². The van der Waals surface area contributed by atoms with E-state index < -0.39 is 0 Å². The second kappa shape index (κ2) is 4.26. The molecule has 0 atom stereocenters. The highest BCUT2D eigenvalue weighted by Crippen LogP contribution is 2.19. The lowest BCUT2D eigenvalue weighted by Crippen LogP contribution is -2.00. The average molecular weight is 237 g/mol. The number of hydrogen-bond donors (Lipinski definition) is 0. The molecule has 3 aromatic rings. The number of fused-ring (bicyclic) bond motifs is 1. The minimum Gasteiger partial charge on any atom is -0.234 e. The van der Waals surface area contributed by atoms with Crippen LogP contribution in [0.3, 0.4) is 0 Å². The molecule has 0 N–H and O–H groups in total. The molecule has 0 aliphatic carbocycles. The van der Waals surface area contributed by atoms with Crippen LogP contribution in [0.5, 0.6) is 0 Å². The third-order valence-electron chi connectivity index (χ3n) is 3.06. The summed E-state index contributed by atoms with van der Waals surface area (Å²) in [7, 11) is 0. The lowest BCUT2D eigenvalue weighted by atomic mass is 10.2. The monoisotopic (exact) mass is 237 g/mol. The van der Waals surface area contributed by atoms with Gasteiger partial charge in [-0.3, -0.25) is 0 Å². The van der Waals surface area contributed by atoms with Gasteiger partial charge in [-0.15, -0.1) is 0 Å². The van der Waals surface area contributed by atoms with Crippen LogP contribution in [0.1, 0.15) is 18.3 Å². The van der Waals surface area contributed by atoms with Crippen molar-refractivity contribution in [3.05, 3.63) is 53.9 Å². The van der Waals surface area contributed by atoms with E-state index in [2.05, 4.69) is 35.2 Å². The van der Waals surface area contributed by atoms with E-state index in [1.807, 2.05) is 35.7 Å². The summed E-state index contributed by atoms with van der Waals surface area (Å²) < 4.78 is 1.94. The topological polar surface area (TPSA) is 30.2 Å². The Bertz CT molecular complexity index is 684. The fourth-order valence-corrected chi connectivity index (χ4v) is 2.18. The molecule has 1 aromatic carbocycles. The van der Waals surface area contributed by atoms with E-state index in [-0.39, 0.29) is 0 Å². The molecule has 2 aromatic heterocycles. The van der Waals surface area contributed by atoms with E-state index in [4.69, 9.17) is 0 Å². The second-order valence-electron chi connectivity index (χ2n) is 4.41. The Labute approximate surface area is 106 Å². The molecule has 0 saturated carbocycles. The van der Waals surface area contributed by atoms with Gasteiger partial charge in [-0.1, -0.05) is 37.3 Å². The van der Waals surface area contributed by atoms with Crippen molar-refractivity contribution in [2.45, 2.75) is 20.3 Å². The van der Waals surface area contributed by atoms with E-state index in [1.165, 1.54) is 5.69 Å². The van der Waals surface area contributed by atoms with Gasteiger partial charge in [0.05, 0.1) is 5.69 Å². The van der Waals surface area contributed by atoms with Crippen LogP contribution in [-0.2, 0) is 6.42 Å².